The van der Waals surface area contributed by atoms with E-state index >= 15 is 0 Å². The molecule has 0 saturated carbocycles. The van der Waals surface area contributed by atoms with Crippen LogP contribution in [0.4, 0.5) is 0 Å². The monoisotopic (exact) mass is 247 g/mol. The maximum atomic E-state index is 9.19. The third-order valence-electron chi connectivity index (χ3n) is 2.73. The van der Waals surface area contributed by atoms with Crippen LogP contribution in [0.15, 0.2) is 28.8 Å². The summed E-state index contributed by atoms with van der Waals surface area (Å²) in [7, 11) is 0. The largest absolute Gasteiger partial charge is 0.508 e. The van der Waals surface area contributed by atoms with Crippen LogP contribution in [0.25, 0.3) is 0 Å². The van der Waals surface area contributed by atoms with E-state index in [2.05, 4.69) is 10.1 Å². The first-order chi connectivity index (χ1) is 8.67. The number of nitrogens with two attached hydrogens (primary N) is 1. The fraction of sp³-hybridized carbons (Fsp3) is 0.385. The Labute approximate surface area is 106 Å². The predicted octanol–water partition coefficient (Wildman–Crippen LogP) is 1.50. The number of benzene rings is 1. The molecule has 2 rings (SSSR count). The Morgan fingerprint density at radius 3 is 2.72 bits per heavy atom. The number of nitrogens with zero attached hydrogens (tertiary/aromatic N) is 2. The van der Waals surface area contributed by atoms with Crippen molar-refractivity contribution >= 4 is 0 Å². The van der Waals surface area contributed by atoms with Gasteiger partial charge in [0.2, 0.25) is 5.89 Å². The molecule has 0 aliphatic carbocycles. The molecular formula is C13H17N3O2. The van der Waals surface area contributed by atoms with Crippen molar-refractivity contribution in [2.75, 3.05) is 6.54 Å². The molecule has 0 aliphatic heterocycles. The van der Waals surface area contributed by atoms with Gasteiger partial charge in [-0.25, -0.2) is 0 Å². The third-order valence-corrected chi connectivity index (χ3v) is 2.73. The van der Waals surface area contributed by atoms with E-state index in [1.165, 1.54) is 0 Å². The van der Waals surface area contributed by atoms with E-state index < -0.39 is 0 Å². The molecule has 0 spiro atoms. The minimum atomic E-state index is 0.254. The lowest BCUT2D eigenvalue weighted by Crippen LogP contribution is -2.13. The number of aromatic hydroxyl groups is 1. The highest BCUT2D eigenvalue weighted by molar-refractivity contribution is 5.27. The lowest BCUT2D eigenvalue weighted by molar-refractivity contribution is 0.356. The molecule has 1 aromatic heterocycles. The van der Waals surface area contributed by atoms with Gasteiger partial charge in [0.15, 0.2) is 5.82 Å². The summed E-state index contributed by atoms with van der Waals surface area (Å²) in [5.41, 5.74) is 6.59. The zero-order valence-electron chi connectivity index (χ0n) is 10.3. The van der Waals surface area contributed by atoms with Gasteiger partial charge in [-0.1, -0.05) is 24.2 Å². The van der Waals surface area contributed by atoms with Crippen LogP contribution in [0.1, 0.15) is 24.2 Å². The molecule has 1 atom stereocenters. The van der Waals surface area contributed by atoms with Crippen LogP contribution in [0.2, 0.25) is 0 Å². The highest BCUT2D eigenvalue weighted by Gasteiger charge is 2.10. The Kier molecular flexibility index (Phi) is 3.94. The molecule has 18 heavy (non-hydrogen) atoms. The second kappa shape index (κ2) is 5.64. The van der Waals surface area contributed by atoms with Gasteiger partial charge in [0.25, 0.3) is 0 Å². The average molecular weight is 247 g/mol. The average Bonchev–Trinajstić information content (AvgIpc) is 2.79. The highest BCUT2D eigenvalue weighted by Crippen LogP contribution is 2.13. The van der Waals surface area contributed by atoms with Gasteiger partial charge in [-0.2, -0.15) is 4.98 Å². The molecule has 3 N–H and O–H groups in total. The van der Waals surface area contributed by atoms with Gasteiger partial charge < -0.3 is 15.4 Å². The van der Waals surface area contributed by atoms with Crippen molar-refractivity contribution in [3.8, 4) is 5.75 Å². The van der Waals surface area contributed by atoms with Crippen LogP contribution in [-0.2, 0) is 12.8 Å². The van der Waals surface area contributed by atoms with Crippen molar-refractivity contribution in [2.24, 2.45) is 11.7 Å². The summed E-state index contributed by atoms with van der Waals surface area (Å²) in [5, 5.41) is 13.1. The van der Waals surface area contributed by atoms with Gasteiger partial charge in [-0.05, 0) is 30.2 Å². The minimum absolute atomic E-state index is 0.254. The molecule has 1 heterocycles. The molecule has 1 unspecified atom stereocenters. The molecule has 5 nitrogen and oxygen atoms in total. The van der Waals surface area contributed by atoms with Crippen molar-refractivity contribution < 1.29 is 9.63 Å². The lowest BCUT2D eigenvalue weighted by Gasteiger charge is -2.01. The summed E-state index contributed by atoms with van der Waals surface area (Å²) in [4.78, 5) is 4.32. The van der Waals surface area contributed by atoms with Crippen molar-refractivity contribution in [1.29, 1.82) is 0 Å². The maximum absolute atomic E-state index is 9.19. The lowest BCUT2D eigenvalue weighted by atomic mass is 10.1. The molecular weight excluding hydrogens is 230 g/mol. The van der Waals surface area contributed by atoms with Crippen molar-refractivity contribution in [1.82, 2.24) is 10.1 Å². The molecule has 0 radical (unpaired) electrons. The Balaban J connectivity index is 2.00. The Morgan fingerprint density at radius 1 is 1.33 bits per heavy atom. The fourth-order valence-corrected chi connectivity index (χ4v) is 1.62. The summed E-state index contributed by atoms with van der Waals surface area (Å²) < 4.78 is 5.17. The zero-order chi connectivity index (χ0) is 13.0. The molecule has 0 amide bonds. The number of aromatic nitrogens is 2. The summed E-state index contributed by atoms with van der Waals surface area (Å²) in [6.07, 6.45) is 1.31. The molecule has 1 aromatic carbocycles. The summed E-state index contributed by atoms with van der Waals surface area (Å²) in [6, 6.07) is 6.97. The smallest absolute Gasteiger partial charge is 0.226 e. The van der Waals surface area contributed by atoms with Gasteiger partial charge in [-0.3, -0.25) is 0 Å². The van der Waals surface area contributed by atoms with E-state index in [0.29, 0.717) is 37.0 Å². The molecule has 0 fully saturated rings. The van der Waals surface area contributed by atoms with E-state index in [9.17, 15) is 5.11 Å². The van der Waals surface area contributed by atoms with E-state index in [4.69, 9.17) is 10.3 Å². The first-order valence-corrected chi connectivity index (χ1v) is 5.97. The topological polar surface area (TPSA) is 85.2 Å². The van der Waals surface area contributed by atoms with Crippen LogP contribution >= 0.6 is 0 Å². The minimum Gasteiger partial charge on any atom is -0.508 e. The molecule has 0 saturated heterocycles. The predicted molar refractivity (Wildman–Crippen MR) is 67.1 cm³/mol. The molecule has 0 bridgehead atoms. The van der Waals surface area contributed by atoms with Crippen LogP contribution in [0.3, 0.4) is 0 Å². The van der Waals surface area contributed by atoms with Crippen LogP contribution < -0.4 is 5.73 Å². The van der Waals surface area contributed by atoms with E-state index in [0.717, 1.165) is 5.56 Å². The normalized spacial score (nSPS) is 12.6. The number of hydrogen-bond acceptors (Lipinski definition) is 5. The standard InChI is InChI=1S/C13H17N3O2/c1-9(8-14)6-13-15-12(16-18-13)7-10-2-4-11(17)5-3-10/h2-5,9,17H,6-8,14H2,1H3. The number of phenols is 1. The Bertz CT molecular complexity index is 493. The van der Waals surface area contributed by atoms with E-state index in [1.807, 2.05) is 19.1 Å². The Hall–Kier alpha value is -1.88. The van der Waals surface area contributed by atoms with Crippen molar-refractivity contribution in [3.05, 3.63) is 41.5 Å². The maximum Gasteiger partial charge on any atom is 0.226 e. The van der Waals surface area contributed by atoms with Crippen molar-refractivity contribution in [3.63, 3.8) is 0 Å². The quantitative estimate of drug-likeness (QED) is 0.836. The molecule has 0 aliphatic rings. The Morgan fingerprint density at radius 2 is 2.06 bits per heavy atom. The second-order valence-electron chi connectivity index (χ2n) is 4.49. The second-order valence-corrected chi connectivity index (χ2v) is 4.49. The van der Waals surface area contributed by atoms with Gasteiger partial charge in [0.1, 0.15) is 5.75 Å². The molecule has 96 valence electrons. The third kappa shape index (κ3) is 3.30. The van der Waals surface area contributed by atoms with Gasteiger partial charge >= 0.3 is 0 Å². The zero-order valence-corrected chi connectivity index (χ0v) is 10.3. The van der Waals surface area contributed by atoms with Gasteiger partial charge in [0.05, 0.1) is 0 Å². The fourth-order valence-electron chi connectivity index (χ4n) is 1.62. The van der Waals surface area contributed by atoms with Crippen LogP contribution in [0, 0.1) is 5.92 Å². The molecule has 2 aromatic rings. The number of hydrogen-bond donors (Lipinski definition) is 2. The number of rotatable bonds is 5. The van der Waals surface area contributed by atoms with Gasteiger partial charge in [0, 0.05) is 12.8 Å². The summed E-state index contributed by atoms with van der Waals surface area (Å²) in [6.45, 7) is 2.65. The number of phenolic OH excluding ortho intramolecular Hbond substituents is 1. The summed E-state index contributed by atoms with van der Waals surface area (Å²) >= 11 is 0. The SMILES string of the molecule is CC(CN)Cc1nc(Cc2ccc(O)cc2)no1. The van der Waals surface area contributed by atoms with E-state index in [1.54, 1.807) is 12.1 Å². The van der Waals surface area contributed by atoms with Crippen LogP contribution in [-0.4, -0.2) is 21.8 Å². The first-order valence-electron chi connectivity index (χ1n) is 5.97. The van der Waals surface area contributed by atoms with Crippen LogP contribution in [0.5, 0.6) is 5.75 Å². The molecule has 5 heteroatoms. The van der Waals surface area contributed by atoms with E-state index in [-0.39, 0.29) is 5.75 Å². The van der Waals surface area contributed by atoms with Crippen molar-refractivity contribution in [2.45, 2.75) is 19.8 Å². The van der Waals surface area contributed by atoms with Gasteiger partial charge in [-0.15, -0.1) is 0 Å². The highest BCUT2D eigenvalue weighted by atomic mass is 16.5. The first kappa shape index (κ1) is 12.6. The summed E-state index contributed by atoms with van der Waals surface area (Å²) in [5.74, 6) is 1.87.